The van der Waals surface area contributed by atoms with Crippen LogP contribution in [0.3, 0.4) is 0 Å². The Kier molecular flexibility index (Phi) is 4.29. The maximum atomic E-state index is 13.3. The largest absolute Gasteiger partial charge is 0.318 e. The van der Waals surface area contributed by atoms with E-state index in [1.165, 1.54) is 0 Å². The van der Waals surface area contributed by atoms with Crippen molar-refractivity contribution in [2.45, 2.75) is 6.04 Å². The van der Waals surface area contributed by atoms with Crippen LogP contribution < -0.4 is 11.3 Å². The van der Waals surface area contributed by atoms with Gasteiger partial charge in [-0.25, -0.2) is 4.98 Å². The summed E-state index contributed by atoms with van der Waals surface area (Å²) in [6, 6.07) is 23.7. The van der Waals surface area contributed by atoms with Gasteiger partial charge in [0, 0.05) is 0 Å². The van der Waals surface area contributed by atoms with E-state index in [4.69, 9.17) is 22.3 Å². The third-order valence-corrected chi connectivity index (χ3v) is 4.64. The summed E-state index contributed by atoms with van der Waals surface area (Å²) < 4.78 is 1.55. The molecular formula is C21H16ClN3O. The molecule has 128 valence electrons. The molecule has 1 heterocycles. The number of nitrogens with two attached hydrogens (primary N) is 1. The number of benzene rings is 3. The lowest BCUT2D eigenvalue weighted by Gasteiger charge is -2.19. The van der Waals surface area contributed by atoms with Crippen LogP contribution in [-0.2, 0) is 0 Å². The number of para-hydroxylation sites is 1. The normalized spacial score (nSPS) is 12.2. The molecule has 0 saturated heterocycles. The summed E-state index contributed by atoms with van der Waals surface area (Å²) in [5, 5.41) is 0.770. The van der Waals surface area contributed by atoms with Gasteiger partial charge >= 0.3 is 0 Å². The Morgan fingerprint density at radius 1 is 0.885 bits per heavy atom. The fourth-order valence-electron chi connectivity index (χ4n) is 3.05. The van der Waals surface area contributed by atoms with Gasteiger partial charge in [-0.05, 0) is 29.8 Å². The van der Waals surface area contributed by atoms with Gasteiger partial charge in [-0.15, -0.1) is 0 Å². The van der Waals surface area contributed by atoms with Gasteiger partial charge in [0.25, 0.3) is 5.56 Å². The highest BCUT2D eigenvalue weighted by molar-refractivity contribution is 6.35. The van der Waals surface area contributed by atoms with E-state index in [1.807, 2.05) is 60.7 Å². The summed E-state index contributed by atoms with van der Waals surface area (Å²) in [5.41, 5.74) is 8.39. The van der Waals surface area contributed by atoms with E-state index in [0.29, 0.717) is 27.4 Å². The Balaban J connectivity index is 2.07. The number of nitrogens with zero attached hydrogens (tertiary/aromatic N) is 2. The van der Waals surface area contributed by atoms with Crippen LogP contribution in [0.25, 0.3) is 16.6 Å². The predicted octanol–water partition coefficient (Wildman–Crippen LogP) is 4.09. The van der Waals surface area contributed by atoms with Crippen LogP contribution in [0.4, 0.5) is 0 Å². The smallest absolute Gasteiger partial charge is 0.267 e. The lowest BCUT2D eigenvalue weighted by Crippen LogP contribution is -2.29. The molecule has 1 atom stereocenters. The molecule has 4 aromatic rings. The third kappa shape index (κ3) is 2.79. The zero-order valence-corrected chi connectivity index (χ0v) is 14.6. The van der Waals surface area contributed by atoms with Crippen molar-refractivity contribution >= 4 is 22.5 Å². The van der Waals surface area contributed by atoms with E-state index in [2.05, 4.69) is 0 Å². The molecule has 0 fully saturated rings. The molecule has 5 heteroatoms. The topological polar surface area (TPSA) is 60.9 Å². The van der Waals surface area contributed by atoms with Gasteiger partial charge in [-0.2, -0.15) is 0 Å². The van der Waals surface area contributed by atoms with Crippen LogP contribution in [-0.4, -0.2) is 9.55 Å². The summed E-state index contributed by atoms with van der Waals surface area (Å²) in [7, 11) is 0. The van der Waals surface area contributed by atoms with Crippen LogP contribution in [0.5, 0.6) is 0 Å². The molecular weight excluding hydrogens is 346 g/mol. The molecule has 0 saturated carbocycles. The molecule has 4 nitrogen and oxygen atoms in total. The number of hydrogen-bond acceptors (Lipinski definition) is 3. The zero-order chi connectivity index (χ0) is 18.1. The molecule has 0 aliphatic rings. The Bertz CT molecular complexity index is 1120. The van der Waals surface area contributed by atoms with Crippen molar-refractivity contribution in [1.29, 1.82) is 0 Å². The van der Waals surface area contributed by atoms with Crippen LogP contribution in [0.15, 0.2) is 83.7 Å². The van der Waals surface area contributed by atoms with Gasteiger partial charge < -0.3 is 5.73 Å². The second-order valence-electron chi connectivity index (χ2n) is 5.97. The molecule has 26 heavy (non-hydrogen) atoms. The minimum absolute atomic E-state index is 0.229. The molecule has 0 unspecified atom stereocenters. The molecule has 1 aromatic heterocycles. The maximum Gasteiger partial charge on any atom is 0.267 e. The molecule has 3 aromatic carbocycles. The fourth-order valence-corrected chi connectivity index (χ4v) is 3.30. The molecule has 0 aliphatic carbocycles. The number of rotatable bonds is 3. The first-order valence-corrected chi connectivity index (χ1v) is 8.62. The van der Waals surface area contributed by atoms with Crippen molar-refractivity contribution in [3.05, 3.63) is 106 Å². The first-order valence-electron chi connectivity index (χ1n) is 8.24. The second kappa shape index (κ2) is 6.75. The lowest BCUT2D eigenvalue weighted by molar-refractivity contribution is 0.729. The molecule has 2 N–H and O–H groups in total. The highest BCUT2D eigenvalue weighted by atomic mass is 35.5. The Hall–Kier alpha value is -2.95. The Morgan fingerprint density at radius 2 is 1.54 bits per heavy atom. The molecule has 0 bridgehead atoms. The van der Waals surface area contributed by atoms with E-state index in [1.54, 1.807) is 22.8 Å². The first kappa shape index (κ1) is 16.5. The maximum absolute atomic E-state index is 13.3. The summed E-state index contributed by atoms with van der Waals surface area (Å²) in [4.78, 5) is 18.0. The van der Waals surface area contributed by atoms with Crippen LogP contribution >= 0.6 is 11.6 Å². The minimum Gasteiger partial charge on any atom is -0.318 e. The number of aromatic nitrogens is 2. The average Bonchev–Trinajstić information content (AvgIpc) is 2.68. The van der Waals surface area contributed by atoms with E-state index in [0.717, 1.165) is 5.56 Å². The highest BCUT2D eigenvalue weighted by Crippen LogP contribution is 2.24. The van der Waals surface area contributed by atoms with Crippen molar-refractivity contribution in [1.82, 2.24) is 9.55 Å². The molecule has 0 radical (unpaired) electrons. The van der Waals surface area contributed by atoms with E-state index in [9.17, 15) is 4.79 Å². The van der Waals surface area contributed by atoms with E-state index < -0.39 is 6.04 Å². The van der Waals surface area contributed by atoms with Crippen LogP contribution in [0.2, 0.25) is 5.02 Å². The van der Waals surface area contributed by atoms with Crippen LogP contribution in [0.1, 0.15) is 17.4 Å². The summed E-state index contributed by atoms with van der Waals surface area (Å²) in [6.07, 6.45) is 0. The van der Waals surface area contributed by atoms with Crippen molar-refractivity contribution < 1.29 is 0 Å². The monoisotopic (exact) mass is 361 g/mol. The highest BCUT2D eigenvalue weighted by Gasteiger charge is 2.20. The van der Waals surface area contributed by atoms with Gasteiger partial charge in [0.15, 0.2) is 0 Å². The van der Waals surface area contributed by atoms with Crippen molar-refractivity contribution in [2.24, 2.45) is 5.73 Å². The number of fused-ring (bicyclic) bond motifs is 1. The SMILES string of the molecule is N[C@@H](c1ccccc1)c1nc2cccc(Cl)c2c(=O)n1-c1ccccc1. The van der Waals surface area contributed by atoms with Crippen molar-refractivity contribution in [3.63, 3.8) is 0 Å². The summed E-state index contributed by atoms with van der Waals surface area (Å²) in [6.45, 7) is 0. The molecule has 0 spiro atoms. The number of hydrogen-bond donors (Lipinski definition) is 1. The molecule has 0 amide bonds. The Labute approximate surface area is 155 Å². The van der Waals surface area contributed by atoms with Crippen LogP contribution in [0, 0.1) is 0 Å². The van der Waals surface area contributed by atoms with Gasteiger partial charge in [-0.1, -0.05) is 66.2 Å². The quantitative estimate of drug-likeness (QED) is 0.598. The van der Waals surface area contributed by atoms with Gasteiger partial charge in [0.05, 0.1) is 27.7 Å². The first-order chi connectivity index (χ1) is 12.7. The standard InChI is InChI=1S/C21H16ClN3O/c22-16-12-7-13-17-18(16)21(26)25(15-10-5-2-6-11-15)20(24-17)19(23)14-8-3-1-4-9-14/h1-13,19H,23H2/t19-/m0/s1. The molecule has 0 aliphatic heterocycles. The second-order valence-corrected chi connectivity index (χ2v) is 6.38. The van der Waals surface area contributed by atoms with E-state index in [-0.39, 0.29) is 5.56 Å². The number of halogens is 1. The lowest BCUT2D eigenvalue weighted by atomic mass is 10.1. The predicted molar refractivity (Wildman–Crippen MR) is 105 cm³/mol. The van der Waals surface area contributed by atoms with E-state index >= 15 is 0 Å². The fraction of sp³-hybridized carbons (Fsp3) is 0.0476. The van der Waals surface area contributed by atoms with Gasteiger partial charge in [-0.3, -0.25) is 9.36 Å². The van der Waals surface area contributed by atoms with Gasteiger partial charge in [0.1, 0.15) is 5.82 Å². The Morgan fingerprint density at radius 3 is 2.23 bits per heavy atom. The van der Waals surface area contributed by atoms with Crippen molar-refractivity contribution in [3.8, 4) is 5.69 Å². The summed E-state index contributed by atoms with van der Waals surface area (Å²) >= 11 is 6.29. The summed E-state index contributed by atoms with van der Waals surface area (Å²) in [5.74, 6) is 0.474. The third-order valence-electron chi connectivity index (χ3n) is 4.32. The average molecular weight is 362 g/mol. The zero-order valence-electron chi connectivity index (χ0n) is 13.8. The van der Waals surface area contributed by atoms with Gasteiger partial charge in [0.2, 0.25) is 0 Å². The molecule has 4 rings (SSSR count). The minimum atomic E-state index is -0.549. The van der Waals surface area contributed by atoms with Crippen molar-refractivity contribution in [2.75, 3.05) is 0 Å².